The highest BCUT2D eigenvalue weighted by Gasteiger charge is 2.77. The second-order valence-corrected chi connectivity index (χ2v) is 11.6. The molecular formula is C28H33N2O6+. The molecule has 6 atom stereocenters. The molecule has 8 heteroatoms. The summed E-state index contributed by atoms with van der Waals surface area (Å²) in [5, 5.41) is 35.3. The van der Waals surface area contributed by atoms with Gasteiger partial charge in [-0.05, 0) is 49.5 Å². The molecule has 3 fully saturated rings. The molecule has 1 spiro atoms. The normalized spacial score (nSPS) is 38.0. The quantitative estimate of drug-likeness (QED) is 0.437. The molecule has 1 aromatic carbocycles. The molecular weight excluding hydrogens is 460 g/mol. The van der Waals surface area contributed by atoms with Gasteiger partial charge in [-0.15, -0.1) is 0 Å². The molecule has 1 unspecified atom stereocenters. The van der Waals surface area contributed by atoms with Crippen LogP contribution in [0.2, 0.25) is 0 Å². The standard InChI is InChI=1S/C28H32N2O6/c1-29(23(32)7-4-18-9-13-35-16-18)20-8-10-28(33)22-14-19-5-6-21(31)25-24(19)27(28,26(20)36-25)11-12-30(22,34)15-17-2-3-17/h4-7,9,13,16-17,20,22,26,33-34H,2-3,8,10-12,14-15H2,1H3/p+1/b7-4+/t20-,22+,26+,27+,28-,30?/m1/s1. The number of carbonyl (C=O) groups is 1. The van der Waals surface area contributed by atoms with E-state index in [4.69, 9.17) is 9.15 Å². The van der Waals surface area contributed by atoms with Crippen molar-refractivity contribution < 1.29 is 34.0 Å². The summed E-state index contributed by atoms with van der Waals surface area (Å²) in [7, 11) is 1.78. The maximum Gasteiger partial charge on any atom is 0.246 e. The van der Waals surface area contributed by atoms with Crippen molar-refractivity contribution in [2.75, 3.05) is 20.1 Å². The summed E-state index contributed by atoms with van der Waals surface area (Å²) in [5.74, 6) is 0.869. The maximum atomic E-state index is 13.2. The van der Waals surface area contributed by atoms with Gasteiger partial charge in [0.1, 0.15) is 24.8 Å². The minimum absolute atomic E-state index is 0.0687. The lowest BCUT2D eigenvalue weighted by molar-refractivity contribution is -1.13. The third-order valence-electron chi connectivity index (χ3n) is 9.86. The average molecular weight is 494 g/mol. The van der Waals surface area contributed by atoms with Crippen LogP contribution in [0.3, 0.4) is 0 Å². The zero-order valence-electron chi connectivity index (χ0n) is 20.5. The Balaban J connectivity index is 1.30. The number of benzene rings is 1. The van der Waals surface area contributed by atoms with Crippen LogP contribution in [0.15, 0.2) is 41.2 Å². The zero-order chi connectivity index (χ0) is 24.9. The number of hydrogen-bond donors (Lipinski definition) is 3. The van der Waals surface area contributed by atoms with Gasteiger partial charge in [-0.25, -0.2) is 5.21 Å². The molecule has 2 saturated carbocycles. The molecule has 190 valence electrons. The molecule has 3 aliphatic carbocycles. The van der Waals surface area contributed by atoms with E-state index in [9.17, 15) is 20.2 Å². The number of carbonyl (C=O) groups excluding carboxylic acids is 1. The fourth-order valence-electron chi connectivity index (χ4n) is 7.97. The number of phenolic OH excluding ortho intramolecular Hbond substituents is 1. The van der Waals surface area contributed by atoms with Crippen molar-refractivity contribution in [2.24, 2.45) is 5.92 Å². The van der Waals surface area contributed by atoms with Crippen LogP contribution in [-0.4, -0.2) is 74.8 Å². The highest BCUT2D eigenvalue weighted by atomic mass is 16.6. The molecule has 2 aliphatic heterocycles. The lowest BCUT2D eigenvalue weighted by Gasteiger charge is -2.64. The lowest BCUT2D eigenvalue weighted by atomic mass is 9.48. The van der Waals surface area contributed by atoms with Crippen molar-refractivity contribution in [1.82, 2.24) is 4.90 Å². The molecule has 3 heterocycles. The fourth-order valence-corrected chi connectivity index (χ4v) is 7.97. The van der Waals surface area contributed by atoms with Crippen LogP contribution < -0.4 is 4.74 Å². The largest absolute Gasteiger partial charge is 0.504 e. The summed E-state index contributed by atoms with van der Waals surface area (Å²) in [5.41, 5.74) is 0.769. The smallest absolute Gasteiger partial charge is 0.246 e. The van der Waals surface area contributed by atoms with Crippen LogP contribution in [0.5, 0.6) is 11.5 Å². The molecule has 36 heavy (non-hydrogen) atoms. The summed E-state index contributed by atoms with van der Waals surface area (Å²) < 4.78 is 11.5. The number of nitrogens with zero attached hydrogens (tertiary/aromatic N) is 2. The first kappa shape index (κ1) is 22.4. The Hall–Kier alpha value is -2.81. The van der Waals surface area contributed by atoms with Crippen molar-refractivity contribution in [1.29, 1.82) is 0 Å². The number of likely N-dealkylation sites (N-methyl/N-ethyl adjacent to an activating group) is 1. The fraction of sp³-hybridized carbons (Fsp3) is 0.536. The van der Waals surface area contributed by atoms with Crippen molar-refractivity contribution >= 4 is 12.0 Å². The molecule has 1 aromatic heterocycles. The predicted octanol–water partition coefficient (Wildman–Crippen LogP) is 2.99. The number of hydroxylamine groups is 3. The Morgan fingerprint density at radius 1 is 1.25 bits per heavy atom. The SMILES string of the molecule is CN(C(=O)/C=C/c1ccoc1)[C@@H]1CC[C@@]2(O)[C@@H]3Cc4ccc(O)c5c4[C@@]2(CC[N+]3(O)CC2CC2)[C@H]1O5. The molecule has 2 aromatic rings. The van der Waals surface area contributed by atoms with Crippen molar-refractivity contribution in [3.05, 3.63) is 53.5 Å². The van der Waals surface area contributed by atoms with Gasteiger partial charge in [-0.2, -0.15) is 4.65 Å². The highest BCUT2D eigenvalue weighted by Crippen LogP contribution is 2.66. The van der Waals surface area contributed by atoms with E-state index in [0.717, 1.165) is 29.5 Å². The van der Waals surface area contributed by atoms with Gasteiger partial charge in [0.2, 0.25) is 5.91 Å². The van der Waals surface area contributed by atoms with Crippen LogP contribution in [0, 0.1) is 5.92 Å². The Labute approximate surface area is 209 Å². The van der Waals surface area contributed by atoms with E-state index in [-0.39, 0.29) is 28.4 Å². The van der Waals surface area contributed by atoms with E-state index in [1.807, 2.05) is 6.07 Å². The average Bonchev–Trinajstić information content (AvgIpc) is 3.36. The molecule has 8 nitrogen and oxygen atoms in total. The highest BCUT2D eigenvalue weighted by molar-refractivity contribution is 5.91. The monoisotopic (exact) mass is 493 g/mol. The van der Waals surface area contributed by atoms with Crippen LogP contribution in [0.25, 0.3) is 6.08 Å². The summed E-state index contributed by atoms with van der Waals surface area (Å²) in [6.45, 7) is 1.21. The van der Waals surface area contributed by atoms with E-state index in [2.05, 4.69) is 0 Å². The number of phenols is 1. The number of amides is 1. The Kier molecular flexibility index (Phi) is 4.58. The van der Waals surface area contributed by atoms with E-state index in [1.165, 1.54) is 6.08 Å². The van der Waals surface area contributed by atoms with E-state index < -0.39 is 17.1 Å². The van der Waals surface area contributed by atoms with Gasteiger partial charge in [0.05, 0.1) is 24.0 Å². The molecule has 2 bridgehead atoms. The number of furan rings is 1. The lowest BCUT2D eigenvalue weighted by Crippen LogP contribution is -2.82. The van der Waals surface area contributed by atoms with Crippen molar-refractivity contribution in [3.8, 4) is 11.5 Å². The molecule has 0 radical (unpaired) electrons. The number of ether oxygens (including phenoxy) is 1. The summed E-state index contributed by atoms with van der Waals surface area (Å²) in [4.78, 5) is 14.9. The first-order chi connectivity index (χ1) is 17.3. The first-order valence-corrected chi connectivity index (χ1v) is 13.1. The van der Waals surface area contributed by atoms with Gasteiger partial charge in [-0.1, -0.05) is 6.07 Å². The summed E-state index contributed by atoms with van der Waals surface area (Å²) in [6, 6.07) is 4.73. The number of aromatic hydroxyl groups is 1. The summed E-state index contributed by atoms with van der Waals surface area (Å²) in [6.07, 6.45) is 10.3. The second kappa shape index (κ2) is 7.37. The topological polar surface area (TPSA) is 103 Å². The van der Waals surface area contributed by atoms with Crippen molar-refractivity contribution in [3.63, 3.8) is 0 Å². The number of hydrogen-bond acceptors (Lipinski definition) is 6. The van der Waals surface area contributed by atoms with Gasteiger partial charge in [0, 0.05) is 43.0 Å². The van der Waals surface area contributed by atoms with E-state index in [0.29, 0.717) is 50.4 Å². The third kappa shape index (κ3) is 2.83. The Bertz CT molecular complexity index is 1250. The first-order valence-electron chi connectivity index (χ1n) is 13.1. The molecule has 5 aliphatic rings. The van der Waals surface area contributed by atoms with Gasteiger partial charge in [0.15, 0.2) is 17.5 Å². The maximum absolute atomic E-state index is 13.2. The number of rotatable bonds is 5. The number of aliphatic hydroxyl groups is 1. The third-order valence-corrected chi connectivity index (χ3v) is 9.86. The molecule has 3 N–H and O–H groups in total. The van der Waals surface area contributed by atoms with Crippen LogP contribution in [0.4, 0.5) is 0 Å². The zero-order valence-corrected chi connectivity index (χ0v) is 20.5. The summed E-state index contributed by atoms with van der Waals surface area (Å²) >= 11 is 0. The van der Waals surface area contributed by atoms with Gasteiger partial charge >= 0.3 is 0 Å². The number of likely N-dealkylation sites (tertiary alicyclic amines) is 1. The molecule has 7 rings (SSSR count). The van der Waals surface area contributed by atoms with Gasteiger partial charge < -0.3 is 24.3 Å². The minimum atomic E-state index is -1.18. The Morgan fingerprint density at radius 3 is 2.83 bits per heavy atom. The van der Waals surface area contributed by atoms with Crippen LogP contribution in [0.1, 0.15) is 48.8 Å². The number of quaternary nitrogens is 1. The Morgan fingerprint density at radius 2 is 2.08 bits per heavy atom. The second-order valence-electron chi connectivity index (χ2n) is 11.6. The van der Waals surface area contributed by atoms with Crippen LogP contribution in [-0.2, 0) is 16.6 Å². The van der Waals surface area contributed by atoms with E-state index in [1.54, 1.807) is 42.7 Å². The van der Waals surface area contributed by atoms with E-state index >= 15 is 0 Å². The molecule has 1 amide bonds. The van der Waals surface area contributed by atoms with Crippen molar-refractivity contribution in [2.45, 2.75) is 67.7 Å². The van der Waals surface area contributed by atoms with Gasteiger partial charge in [-0.3, -0.25) is 4.79 Å². The number of piperidine rings is 1. The van der Waals surface area contributed by atoms with Crippen LogP contribution >= 0.6 is 0 Å². The molecule has 1 saturated heterocycles. The predicted molar refractivity (Wildman–Crippen MR) is 129 cm³/mol. The van der Waals surface area contributed by atoms with Gasteiger partial charge in [0.25, 0.3) is 0 Å². The minimum Gasteiger partial charge on any atom is -0.504 e.